The average Bonchev–Trinajstić information content (AvgIpc) is 2.64. The summed E-state index contributed by atoms with van der Waals surface area (Å²) in [4.78, 5) is 2.52. The van der Waals surface area contributed by atoms with Crippen molar-refractivity contribution in [2.24, 2.45) is 5.92 Å². The minimum Gasteiger partial charge on any atom is -0.295 e. The van der Waals surface area contributed by atoms with E-state index >= 15 is 0 Å². The monoisotopic (exact) mass is 249 g/mol. The minimum absolute atomic E-state index is 0.564. The Kier molecular flexibility index (Phi) is 2.33. The molecule has 2 bridgehead atoms. The van der Waals surface area contributed by atoms with Crippen LogP contribution in [0.5, 0.6) is 0 Å². The highest BCUT2D eigenvalue weighted by Gasteiger charge is 2.43. The number of fused-ring (bicyclic) bond motifs is 7. The van der Waals surface area contributed by atoms with Crippen LogP contribution < -0.4 is 0 Å². The van der Waals surface area contributed by atoms with Gasteiger partial charge in [0, 0.05) is 18.5 Å². The van der Waals surface area contributed by atoms with Gasteiger partial charge in [0.1, 0.15) is 0 Å². The van der Waals surface area contributed by atoms with E-state index in [0.717, 1.165) is 6.54 Å². The van der Waals surface area contributed by atoms with Crippen molar-refractivity contribution in [3.8, 4) is 0 Å². The molecule has 0 saturated heterocycles. The Balaban J connectivity index is 2.01. The summed E-state index contributed by atoms with van der Waals surface area (Å²) in [6.07, 6.45) is 0. The van der Waals surface area contributed by atoms with E-state index in [1.165, 1.54) is 16.7 Å². The molecule has 3 unspecified atom stereocenters. The molecule has 1 aliphatic carbocycles. The molecular weight excluding hydrogens is 230 g/mol. The number of hydrogen-bond acceptors (Lipinski definition) is 1. The van der Waals surface area contributed by atoms with Crippen LogP contribution in [0.4, 0.5) is 0 Å². The van der Waals surface area contributed by atoms with E-state index in [4.69, 9.17) is 0 Å². The van der Waals surface area contributed by atoms with Crippen LogP contribution in [0.1, 0.15) is 41.1 Å². The van der Waals surface area contributed by atoms with Crippen molar-refractivity contribution in [3.63, 3.8) is 0 Å². The maximum Gasteiger partial charge on any atom is 0.0386 e. The van der Waals surface area contributed by atoms with E-state index < -0.39 is 0 Å². The lowest BCUT2D eigenvalue weighted by atomic mass is 9.85. The second kappa shape index (κ2) is 3.94. The van der Waals surface area contributed by atoms with Crippen LogP contribution in [0.3, 0.4) is 0 Å². The zero-order valence-corrected chi connectivity index (χ0v) is 11.5. The zero-order valence-electron chi connectivity index (χ0n) is 11.5. The molecule has 0 N–H and O–H groups in total. The maximum absolute atomic E-state index is 2.52. The fourth-order valence-electron chi connectivity index (χ4n) is 4.25. The molecule has 0 fully saturated rings. The Morgan fingerprint density at radius 3 is 2.32 bits per heavy atom. The third-order valence-electron chi connectivity index (χ3n) is 4.96. The molecule has 1 nitrogen and oxygen atoms in total. The van der Waals surface area contributed by atoms with Crippen LogP contribution in [-0.2, 0) is 6.54 Å². The van der Waals surface area contributed by atoms with Crippen LogP contribution in [0.15, 0.2) is 48.5 Å². The van der Waals surface area contributed by atoms with Gasteiger partial charge in [-0.05, 0) is 35.2 Å². The van der Waals surface area contributed by atoms with Gasteiger partial charge in [0.15, 0.2) is 0 Å². The van der Waals surface area contributed by atoms with Crippen LogP contribution in [0.25, 0.3) is 0 Å². The first-order valence-electron chi connectivity index (χ1n) is 7.14. The lowest BCUT2D eigenvalue weighted by Crippen LogP contribution is -2.25. The molecule has 96 valence electrons. The molecule has 2 aromatic rings. The number of nitrogens with zero attached hydrogens (tertiary/aromatic N) is 1. The van der Waals surface area contributed by atoms with Gasteiger partial charge in [-0.2, -0.15) is 0 Å². The first-order valence-corrected chi connectivity index (χ1v) is 7.14. The van der Waals surface area contributed by atoms with Gasteiger partial charge in [-0.25, -0.2) is 0 Å². The number of hydrogen-bond donors (Lipinski definition) is 0. The van der Waals surface area contributed by atoms with Gasteiger partial charge in [0.25, 0.3) is 0 Å². The predicted molar refractivity (Wildman–Crippen MR) is 78.1 cm³/mol. The van der Waals surface area contributed by atoms with Crippen LogP contribution >= 0.6 is 0 Å². The second-order valence-corrected chi connectivity index (χ2v) is 6.02. The highest BCUT2D eigenvalue weighted by atomic mass is 15.1. The first kappa shape index (κ1) is 11.2. The van der Waals surface area contributed by atoms with Crippen molar-refractivity contribution < 1.29 is 0 Å². The Morgan fingerprint density at radius 1 is 0.895 bits per heavy atom. The summed E-state index contributed by atoms with van der Waals surface area (Å²) in [5.74, 6) is 1.23. The minimum atomic E-state index is 0.564. The second-order valence-electron chi connectivity index (χ2n) is 6.02. The van der Waals surface area contributed by atoms with Crippen molar-refractivity contribution in [1.82, 2.24) is 4.90 Å². The summed E-state index contributed by atoms with van der Waals surface area (Å²) in [6.45, 7) is 3.48. The number of benzene rings is 2. The summed E-state index contributed by atoms with van der Waals surface area (Å²) in [5.41, 5.74) is 6.11. The zero-order chi connectivity index (χ0) is 13.0. The molecule has 0 amide bonds. The summed E-state index contributed by atoms with van der Waals surface area (Å²) >= 11 is 0. The highest BCUT2D eigenvalue weighted by molar-refractivity contribution is 5.49. The van der Waals surface area contributed by atoms with E-state index in [1.807, 2.05) is 0 Å². The largest absolute Gasteiger partial charge is 0.295 e. The summed E-state index contributed by atoms with van der Waals surface area (Å²) in [5, 5.41) is 0. The molecule has 1 heteroatoms. The Hall–Kier alpha value is -1.60. The van der Waals surface area contributed by atoms with Crippen LogP contribution in [0, 0.1) is 5.92 Å². The fourth-order valence-corrected chi connectivity index (χ4v) is 4.25. The molecule has 3 atom stereocenters. The Bertz CT molecular complexity index is 631. The quantitative estimate of drug-likeness (QED) is 0.683. The average molecular weight is 249 g/mol. The van der Waals surface area contributed by atoms with Gasteiger partial charge in [-0.1, -0.05) is 55.5 Å². The highest BCUT2D eigenvalue weighted by Crippen LogP contribution is 2.53. The molecule has 0 saturated carbocycles. The standard InChI is InChI=1S/C18H19N/c1-12-17-14-8-4-3-7-13(14)11-19(2)18(12)16-10-6-5-9-15(16)17/h3-10,12,17-18H,11H2,1-2H3. The van der Waals surface area contributed by atoms with Gasteiger partial charge >= 0.3 is 0 Å². The molecular formula is C18H19N. The molecule has 0 spiro atoms. The molecule has 4 rings (SSSR count). The van der Waals surface area contributed by atoms with Crippen LogP contribution in [0.2, 0.25) is 0 Å². The van der Waals surface area contributed by atoms with Crippen molar-refractivity contribution in [1.29, 1.82) is 0 Å². The van der Waals surface area contributed by atoms with Gasteiger partial charge in [-0.15, -0.1) is 0 Å². The van der Waals surface area contributed by atoms with Crippen LogP contribution in [-0.4, -0.2) is 11.9 Å². The molecule has 2 aliphatic rings. The number of rotatable bonds is 0. The van der Waals surface area contributed by atoms with E-state index in [0.29, 0.717) is 17.9 Å². The van der Waals surface area contributed by atoms with E-state index in [1.54, 1.807) is 5.56 Å². The van der Waals surface area contributed by atoms with E-state index in [9.17, 15) is 0 Å². The molecule has 0 aromatic heterocycles. The van der Waals surface area contributed by atoms with Crippen molar-refractivity contribution in [3.05, 3.63) is 70.8 Å². The first-order chi connectivity index (χ1) is 9.27. The lowest BCUT2D eigenvalue weighted by molar-refractivity contribution is 0.194. The maximum atomic E-state index is 2.52. The molecule has 0 radical (unpaired) electrons. The molecule has 2 aromatic carbocycles. The molecule has 1 aliphatic heterocycles. The normalized spacial score (nSPS) is 28.6. The van der Waals surface area contributed by atoms with E-state index in [2.05, 4.69) is 67.4 Å². The lowest BCUT2D eigenvalue weighted by Gasteiger charge is -2.27. The SMILES string of the molecule is CC1C2c3ccccc3CN(C)C1c1ccccc12. The smallest absolute Gasteiger partial charge is 0.0386 e. The predicted octanol–water partition coefficient (Wildman–Crippen LogP) is 3.95. The van der Waals surface area contributed by atoms with Crippen molar-refractivity contribution in [2.75, 3.05) is 7.05 Å². The molecule has 1 heterocycles. The van der Waals surface area contributed by atoms with E-state index in [-0.39, 0.29) is 0 Å². The Morgan fingerprint density at radius 2 is 1.53 bits per heavy atom. The van der Waals surface area contributed by atoms with Crippen molar-refractivity contribution >= 4 is 0 Å². The van der Waals surface area contributed by atoms with Gasteiger partial charge in [0.05, 0.1) is 0 Å². The summed E-state index contributed by atoms with van der Waals surface area (Å²) in [6, 6.07) is 18.6. The van der Waals surface area contributed by atoms with Crippen molar-refractivity contribution in [2.45, 2.75) is 25.4 Å². The van der Waals surface area contributed by atoms with Gasteiger partial charge in [0.2, 0.25) is 0 Å². The third kappa shape index (κ3) is 1.45. The topological polar surface area (TPSA) is 3.24 Å². The third-order valence-corrected chi connectivity index (χ3v) is 4.96. The van der Waals surface area contributed by atoms with Gasteiger partial charge < -0.3 is 0 Å². The fraction of sp³-hybridized carbons (Fsp3) is 0.333. The van der Waals surface area contributed by atoms with Gasteiger partial charge in [-0.3, -0.25) is 4.90 Å². The molecule has 19 heavy (non-hydrogen) atoms. The summed E-state index contributed by atoms with van der Waals surface area (Å²) < 4.78 is 0. The summed E-state index contributed by atoms with van der Waals surface area (Å²) in [7, 11) is 2.27. The Labute approximate surface area is 114 Å².